The maximum Gasteiger partial charge on any atom is 0.222 e. The van der Waals surface area contributed by atoms with E-state index in [0.29, 0.717) is 6.42 Å². The predicted molar refractivity (Wildman–Crippen MR) is 80.1 cm³/mol. The van der Waals surface area contributed by atoms with Crippen molar-refractivity contribution in [2.45, 2.75) is 19.8 Å². The topological polar surface area (TPSA) is 52.6 Å². The summed E-state index contributed by atoms with van der Waals surface area (Å²) in [5, 5.41) is 8.45. The standard InChI is InChI=1S/C14H23N5O/c1-4-5-14(20)19-10-8-18(9-11-19)13-7-6-12(15-16-13)17(2)3/h6-7H,4-5,8-11H2,1-3H3. The van der Waals surface area contributed by atoms with Gasteiger partial charge in [0.25, 0.3) is 0 Å². The average molecular weight is 277 g/mol. The molecule has 1 saturated heterocycles. The van der Waals surface area contributed by atoms with E-state index in [-0.39, 0.29) is 5.91 Å². The molecule has 0 aromatic carbocycles. The molecule has 110 valence electrons. The van der Waals surface area contributed by atoms with Gasteiger partial charge in [-0.05, 0) is 18.6 Å². The van der Waals surface area contributed by atoms with Crippen LogP contribution in [-0.4, -0.2) is 61.3 Å². The Morgan fingerprint density at radius 2 is 1.90 bits per heavy atom. The number of piperazine rings is 1. The third-order valence-corrected chi connectivity index (χ3v) is 3.51. The molecular weight excluding hydrogens is 254 g/mol. The molecule has 6 heteroatoms. The molecule has 6 nitrogen and oxygen atoms in total. The van der Waals surface area contributed by atoms with Gasteiger partial charge in [0.1, 0.15) is 0 Å². The second-order valence-electron chi connectivity index (χ2n) is 5.26. The monoisotopic (exact) mass is 277 g/mol. The van der Waals surface area contributed by atoms with E-state index in [2.05, 4.69) is 15.1 Å². The first kappa shape index (κ1) is 14.6. The van der Waals surface area contributed by atoms with Gasteiger partial charge in [0.2, 0.25) is 5.91 Å². The van der Waals surface area contributed by atoms with Crippen LogP contribution in [0.15, 0.2) is 12.1 Å². The molecule has 0 N–H and O–H groups in total. The molecule has 0 saturated carbocycles. The lowest BCUT2D eigenvalue weighted by Gasteiger charge is -2.35. The minimum absolute atomic E-state index is 0.265. The van der Waals surface area contributed by atoms with Crippen molar-refractivity contribution in [1.82, 2.24) is 15.1 Å². The van der Waals surface area contributed by atoms with E-state index in [4.69, 9.17) is 0 Å². The van der Waals surface area contributed by atoms with Crippen LogP contribution in [0.1, 0.15) is 19.8 Å². The molecule has 0 radical (unpaired) electrons. The number of amides is 1. The highest BCUT2D eigenvalue weighted by atomic mass is 16.2. The summed E-state index contributed by atoms with van der Waals surface area (Å²) in [6.45, 7) is 5.23. The van der Waals surface area contributed by atoms with E-state index >= 15 is 0 Å². The molecule has 1 aliphatic rings. The van der Waals surface area contributed by atoms with Crippen LogP contribution in [0.4, 0.5) is 11.6 Å². The smallest absolute Gasteiger partial charge is 0.222 e. The Kier molecular flexibility index (Phi) is 4.76. The fraction of sp³-hybridized carbons (Fsp3) is 0.643. The zero-order valence-corrected chi connectivity index (χ0v) is 12.5. The predicted octanol–water partition coefficient (Wildman–Crippen LogP) is 0.991. The Morgan fingerprint density at radius 3 is 2.40 bits per heavy atom. The zero-order valence-electron chi connectivity index (χ0n) is 12.5. The second kappa shape index (κ2) is 6.54. The largest absolute Gasteiger partial charge is 0.361 e. The van der Waals surface area contributed by atoms with Gasteiger partial charge >= 0.3 is 0 Å². The maximum atomic E-state index is 11.8. The van der Waals surface area contributed by atoms with E-state index in [1.165, 1.54) is 0 Å². The van der Waals surface area contributed by atoms with Crippen molar-refractivity contribution < 1.29 is 4.79 Å². The lowest BCUT2D eigenvalue weighted by atomic mass is 10.2. The molecule has 0 aliphatic carbocycles. The molecule has 2 heterocycles. The van der Waals surface area contributed by atoms with Crippen LogP contribution in [-0.2, 0) is 4.79 Å². The van der Waals surface area contributed by atoms with Crippen LogP contribution >= 0.6 is 0 Å². The highest BCUT2D eigenvalue weighted by Crippen LogP contribution is 2.15. The molecule has 0 atom stereocenters. The van der Waals surface area contributed by atoms with Gasteiger partial charge in [0.05, 0.1) is 0 Å². The van der Waals surface area contributed by atoms with Gasteiger partial charge in [-0.2, -0.15) is 0 Å². The van der Waals surface area contributed by atoms with Gasteiger partial charge in [-0.15, -0.1) is 10.2 Å². The SMILES string of the molecule is CCCC(=O)N1CCN(c2ccc(N(C)C)nn2)CC1. The van der Waals surface area contributed by atoms with Crippen molar-refractivity contribution in [2.24, 2.45) is 0 Å². The van der Waals surface area contributed by atoms with E-state index in [0.717, 1.165) is 44.2 Å². The van der Waals surface area contributed by atoms with Crippen LogP contribution in [0.25, 0.3) is 0 Å². The first-order valence-corrected chi connectivity index (χ1v) is 7.15. The minimum Gasteiger partial charge on any atom is -0.361 e. The molecule has 20 heavy (non-hydrogen) atoms. The van der Waals surface area contributed by atoms with Crippen LogP contribution < -0.4 is 9.80 Å². The number of carbonyl (C=O) groups excluding carboxylic acids is 1. The van der Waals surface area contributed by atoms with Crippen molar-refractivity contribution in [3.8, 4) is 0 Å². The summed E-state index contributed by atoms with van der Waals surface area (Å²) in [4.78, 5) is 17.9. The number of hydrogen-bond acceptors (Lipinski definition) is 5. The Bertz CT molecular complexity index is 437. The van der Waals surface area contributed by atoms with Crippen molar-refractivity contribution in [2.75, 3.05) is 50.1 Å². The molecule has 0 unspecified atom stereocenters. The summed E-state index contributed by atoms with van der Waals surface area (Å²) in [6.07, 6.45) is 1.56. The highest BCUT2D eigenvalue weighted by molar-refractivity contribution is 5.76. The van der Waals surface area contributed by atoms with Gasteiger partial charge < -0.3 is 14.7 Å². The number of nitrogens with zero attached hydrogens (tertiary/aromatic N) is 5. The fourth-order valence-corrected chi connectivity index (χ4v) is 2.28. The summed E-state index contributed by atoms with van der Waals surface area (Å²) in [5.74, 6) is 2.00. The van der Waals surface area contributed by atoms with Gasteiger partial charge in [0, 0.05) is 46.7 Å². The van der Waals surface area contributed by atoms with Gasteiger partial charge in [-0.1, -0.05) is 6.92 Å². The van der Waals surface area contributed by atoms with Crippen LogP contribution in [0.3, 0.4) is 0 Å². The van der Waals surface area contributed by atoms with E-state index < -0.39 is 0 Å². The third kappa shape index (κ3) is 3.37. The van der Waals surface area contributed by atoms with Crippen LogP contribution in [0.2, 0.25) is 0 Å². The molecule has 1 fully saturated rings. The molecule has 0 bridgehead atoms. The summed E-state index contributed by atoms with van der Waals surface area (Å²) in [7, 11) is 3.89. The number of carbonyl (C=O) groups is 1. The Labute approximate surface area is 120 Å². The van der Waals surface area contributed by atoms with E-state index in [1.807, 2.05) is 43.0 Å². The molecule has 1 aromatic rings. The molecule has 0 spiro atoms. The molecule has 1 amide bonds. The first-order chi connectivity index (χ1) is 9.61. The Hall–Kier alpha value is -1.85. The van der Waals surface area contributed by atoms with E-state index in [9.17, 15) is 4.79 Å². The quantitative estimate of drug-likeness (QED) is 0.821. The number of hydrogen-bond donors (Lipinski definition) is 0. The average Bonchev–Trinajstić information content (AvgIpc) is 2.48. The van der Waals surface area contributed by atoms with E-state index in [1.54, 1.807) is 0 Å². The van der Waals surface area contributed by atoms with Gasteiger partial charge in [0.15, 0.2) is 11.6 Å². The normalized spacial score (nSPS) is 15.3. The molecule has 1 aromatic heterocycles. The zero-order chi connectivity index (χ0) is 14.5. The summed E-state index contributed by atoms with van der Waals surface area (Å²) < 4.78 is 0. The maximum absolute atomic E-state index is 11.8. The fourth-order valence-electron chi connectivity index (χ4n) is 2.28. The third-order valence-electron chi connectivity index (χ3n) is 3.51. The number of rotatable bonds is 4. The van der Waals surface area contributed by atoms with Gasteiger partial charge in [-0.25, -0.2) is 0 Å². The van der Waals surface area contributed by atoms with Crippen molar-refractivity contribution >= 4 is 17.5 Å². The number of anilines is 2. The molecule has 1 aliphatic heterocycles. The lowest BCUT2D eigenvalue weighted by Crippen LogP contribution is -2.49. The highest BCUT2D eigenvalue weighted by Gasteiger charge is 2.21. The van der Waals surface area contributed by atoms with Crippen molar-refractivity contribution in [3.05, 3.63) is 12.1 Å². The Morgan fingerprint density at radius 1 is 1.20 bits per heavy atom. The van der Waals surface area contributed by atoms with Crippen LogP contribution in [0, 0.1) is 0 Å². The van der Waals surface area contributed by atoms with Gasteiger partial charge in [-0.3, -0.25) is 4.79 Å². The lowest BCUT2D eigenvalue weighted by molar-refractivity contribution is -0.131. The second-order valence-corrected chi connectivity index (χ2v) is 5.26. The Balaban J connectivity index is 1.91. The van der Waals surface area contributed by atoms with Crippen molar-refractivity contribution in [3.63, 3.8) is 0 Å². The first-order valence-electron chi connectivity index (χ1n) is 7.15. The van der Waals surface area contributed by atoms with Crippen LogP contribution in [0.5, 0.6) is 0 Å². The minimum atomic E-state index is 0.265. The summed E-state index contributed by atoms with van der Waals surface area (Å²) in [5.41, 5.74) is 0. The number of aromatic nitrogens is 2. The van der Waals surface area contributed by atoms with Crippen molar-refractivity contribution in [1.29, 1.82) is 0 Å². The molecule has 2 rings (SSSR count). The summed E-state index contributed by atoms with van der Waals surface area (Å²) in [6, 6.07) is 3.96. The summed E-state index contributed by atoms with van der Waals surface area (Å²) >= 11 is 0. The molecular formula is C14H23N5O.